The first kappa shape index (κ1) is 16.3. The van der Waals surface area contributed by atoms with Crippen molar-refractivity contribution in [1.82, 2.24) is 9.13 Å². The summed E-state index contributed by atoms with van der Waals surface area (Å²) in [5, 5.41) is 10.3. The Hall–Kier alpha value is -2.53. The van der Waals surface area contributed by atoms with Crippen molar-refractivity contribution in [3.8, 4) is 5.75 Å². The number of para-hydroxylation sites is 3. The first-order chi connectivity index (χ1) is 11.5. The van der Waals surface area contributed by atoms with E-state index in [2.05, 4.69) is 0 Å². The molecule has 1 aromatic heterocycles. The molecule has 1 heterocycles. The first-order valence-electron chi connectivity index (χ1n) is 8.00. The van der Waals surface area contributed by atoms with Crippen LogP contribution in [0.4, 0.5) is 0 Å². The zero-order chi connectivity index (χ0) is 17.3. The Morgan fingerprint density at radius 3 is 2.33 bits per heavy atom. The van der Waals surface area contributed by atoms with Gasteiger partial charge in [-0.3, -0.25) is 9.13 Å². The predicted molar refractivity (Wildman–Crippen MR) is 94.6 cm³/mol. The third kappa shape index (κ3) is 2.95. The van der Waals surface area contributed by atoms with Gasteiger partial charge in [0, 0.05) is 7.05 Å². The van der Waals surface area contributed by atoms with Gasteiger partial charge in [-0.1, -0.05) is 30.3 Å². The molecule has 5 heteroatoms. The Balaban J connectivity index is 1.78. The molecule has 0 saturated heterocycles. The van der Waals surface area contributed by atoms with E-state index in [4.69, 9.17) is 4.74 Å². The highest BCUT2D eigenvalue weighted by Gasteiger charge is 2.15. The minimum absolute atomic E-state index is 0.137. The van der Waals surface area contributed by atoms with Gasteiger partial charge < -0.3 is 9.84 Å². The summed E-state index contributed by atoms with van der Waals surface area (Å²) in [5.41, 5.74) is 3.60. The van der Waals surface area contributed by atoms with Crippen LogP contribution in [0.15, 0.2) is 47.3 Å². The molecule has 126 valence electrons. The van der Waals surface area contributed by atoms with Crippen LogP contribution in [0.5, 0.6) is 5.75 Å². The van der Waals surface area contributed by atoms with Crippen LogP contribution >= 0.6 is 0 Å². The summed E-state index contributed by atoms with van der Waals surface area (Å²) < 4.78 is 8.97. The van der Waals surface area contributed by atoms with E-state index < -0.39 is 6.10 Å². The zero-order valence-electron chi connectivity index (χ0n) is 14.2. The van der Waals surface area contributed by atoms with E-state index in [1.165, 1.54) is 0 Å². The molecule has 3 rings (SSSR count). The molecular formula is C19H22N2O3. The smallest absolute Gasteiger partial charge is 0.328 e. The van der Waals surface area contributed by atoms with Gasteiger partial charge in [0.15, 0.2) is 0 Å². The van der Waals surface area contributed by atoms with Crippen molar-refractivity contribution in [2.45, 2.75) is 26.5 Å². The number of aliphatic hydroxyl groups excluding tert-OH is 1. The Morgan fingerprint density at radius 2 is 1.67 bits per heavy atom. The molecule has 0 fully saturated rings. The molecule has 0 aliphatic rings. The molecule has 0 amide bonds. The summed E-state index contributed by atoms with van der Waals surface area (Å²) in [6.07, 6.45) is -0.771. The van der Waals surface area contributed by atoms with E-state index in [1.54, 1.807) is 16.2 Å². The molecule has 1 N–H and O–H groups in total. The van der Waals surface area contributed by atoms with Crippen molar-refractivity contribution < 1.29 is 9.84 Å². The van der Waals surface area contributed by atoms with E-state index in [-0.39, 0.29) is 18.8 Å². The van der Waals surface area contributed by atoms with Crippen LogP contribution in [0.1, 0.15) is 11.1 Å². The monoisotopic (exact) mass is 326 g/mol. The number of rotatable bonds is 5. The molecule has 0 aliphatic carbocycles. The average molecular weight is 326 g/mol. The van der Waals surface area contributed by atoms with Gasteiger partial charge in [-0.2, -0.15) is 0 Å². The standard InChI is InChI=1S/C19H22N2O3/c1-13-7-6-8-14(2)18(13)24-12-15(22)11-21-17-10-5-4-9-16(17)20(3)19(21)23/h4-10,15,22H,11-12H2,1-3H3/t15-/m1/s1. The van der Waals surface area contributed by atoms with E-state index in [1.807, 2.05) is 56.3 Å². The third-order valence-corrected chi connectivity index (χ3v) is 4.27. The number of benzene rings is 2. The van der Waals surface area contributed by atoms with Gasteiger partial charge in [-0.05, 0) is 37.1 Å². The summed E-state index contributed by atoms with van der Waals surface area (Å²) >= 11 is 0. The van der Waals surface area contributed by atoms with E-state index in [0.29, 0.717) is 0 Å². The second-order valence-electron chi connectivity index (χ2n) is 6.13. The number of ether oxygens (including phenoxy) is 1. The molecule has 0 radical (unpaired) electrons. The number of nitrogens with zero attached hydrogens (tertiary/aromatic N) is 2. The SMILES string of the molecule is Cc1cccc(C)c1OC[C@H](O)Cn1c(=O)n(C)c2ccccc21. The van der Waals surface area contributed by atoms with Crippen LogP contribution in [0.2, 0.25) is 0 Å². The van der Waals surface area contributed by atoms with Gasteiger partial charge in [0.2, 0.25) is 0 Å². The first-order valence-corrected chi connectivity index (χ1v) is 8.00. The quantitative estimate of drug-likeness (QED) is 0.783. The summed E-state index contributed by atoms with van der Waals surface area (Å²) in [4.78, 5) is 12.4. The molecule has 0 bridgehead atoms. The predicted octanol–water partition coefficient (Wildman–Crippen LogP) is 2.40. The van der Waals surface area contributed by atoms with Crippen LogP contribution in [-0.2, 0) is 13.6 Å². The van der Waals surface area contributed by atoms with Crippen LogP contribution < -0.4 is 10.4 Å². The second-order valence-corrected chi connectivity index (χ2v) is 6.13. The maximum atomic E-state index is 12.4. The third-order valence-electron chi connectivity index (χ3n) is 4.27. The molecule has 0 saturated carbocycles. The highest BCUT2D eigenvalue weighted by molar-refractivity contribution is 5.75. The minimum Gasteiger partial charge on any atom is -0.490 e. The topological polar surface area (TPSA) is 56.4 Å². The highest BCUT2D eigenvalue weighted by atomic mass is 16.5. The lowest BCUT2D eigenvalue weighted by atomic mass is 10.1. The Labute approximate surface area is 140 Å². The fourth-order valence-electron chi connectivity index (χ4n) is 3.01. The fourth-order valence-corrected chi connectivity index (χ4v) is 3.01. The van der Waals surface area contributed by atoms with Crippen LogP contribution in [-0.4, -0.2) is 27.0 Å². The largest absolute Gasteiger partial charge is 0.490 e. The van der Waals surface area contributed by atoms with Crippen molar-refractivity contribution >= 4 is 11.0 Å². The second kappa shape index (κ2) is 6.53. The zero-order valence-corrected chi connectivity index (χ0v) is 14.2. The maximum absolute atomic E-state index is 12.4. The van der Waals surface area contributed by atoms with Crippen LogP contribution in [0.3, 0.4) is 0 Å². The van der Waals surface area contributed by atoms with Gasteiger partial charge in [-0.15, -0.1) is 0 Å². The van der Waals surface area contributed by atoms with Gasteiger partial charge in [0.1, 0.15) is 18.5 Å². The van der Waals surface area contributed by atoms with Gasteiger partial charge in [0.25, 0.3) is 0 Å². The lowest BCUT2D eigenvalue weighted by Crippen LogP contribution is -2.30. The molecule has 0 spiro atoms. The Morgan fingerprint density at radius 1 is 1.04 bits per heavy atom. The highest BCUT2D eigenvalue weighted by Crippen LogP contribution is 2.22. The summed E-state index contributed by atoms with van der Waals surface area (Å²) in [5.74, 6) is 0.793. The molecule has 1 atom stereocenters. The molecule has 2 aromatic carbocycles. The lowest BCUT2D eigenvalue weighted by molar-refractivity contribution is 0.0918. The number of imidazole rings is 1. The van der Waals surface area contributed by atoms with Crippen molar-refractivity contribution in [1.29, 1.82) is 0 Å². The van der Waals surface area contributed by atoms with E-state index in [9.17, 15) is 9.90 Å². The van der Waals surface area contributed by atoms with Gasteiger partial charge >= 0.3 is 5.69 Å². The van der Waals surface area contributed by atoms with Crippen LogP contribution in [0.25, 0.3) is 11.0 Å². The van der Waals surface area contributed by atoms with Crippen molar-refractivity contribution in [3.63, 3.8) is 0 Å². The van der Waals surface area contributed by atoms with Gasteiger partial charge in [0.05, 0.1) is 17.6 Å². The fraction of sp³-hybridized carbons (Fsp3) is 0.316. The molecule has 0 aliphatic heterocycles. The Kier molecular flexibility index (Phi) is 4.44. The Bertz CT molecular complexity index is 904. The van der Waals surface area contributed by atoms with Crippen molar-refractivity contribution in [2.24, 2.45) is 7.05 Å². The van der Waals surface area contributed by atoms with Crippen molar-refractivity contribution in [2.75, 3.05) is 6.61 Å². The summed E-state index contributed by atoms with van der Waals surface area (Å²) in [6.45, 7) is 4.29. The number of aromatic nitrogens is 2. The summed E-state index contributed by atoms with van der Waals surface area (Å²) in [7, 11) is 1.74. The number of fused-ring (bicyclic) bond motifs is 1. The maximum Gasteiger partial charge on any atom is 0.328 e. The van der Waals surface area contributed by atoms with Gasteiger partial charge in [-0.25, -0.2) is 4.79 Å². The minimum atomic E-state index is -0.771. The molecule has 0 unspecified atom stereocenters. The number of hydrogen-bond acceptors (Lipinski definition) is 3. The molecule has 3 aromatic rings. The molecule has 24 heavy (non-hydrogen) atoms. The van der Waals surface area contributed by atoms with E-state index >= 15 is 0 Å². The number of aryl methyl sites for hydroxylation is 3. The summed E-state index contributed by atoms with van der Waals surface area (Å²) in [6, 6.07) is 13.5. The number of aliphatic hydroxyl groups is 1. The van der Waals surface area contributed by atoms with Crippen LogP contribution in [0, 0.1) is 13.8 Å². The lowest BCUT2D eigenvalue weighted by Gasteiger charge is -2.16. The molecular weight excluding hydrogens is 304 g/mol. The molecule has 5 nitrogen and oxygen atoms in total. The average Bonchev–Trinajstić information content (AvgIpc) is 2.80. The number of hydrogen-bond donors (Lipinski definition) is 1. The van der Waals surface area contributed by atoms with Crippen molar-refractivity contribution in [3.05, 3.63) is 64.1 Å². The van der Waals surface area contributed by atoms with E-state index in [0.717, 1.165) is 27.9 Å². The normalized spacial score (nSPS) is 12.5.